The lowest BCUT2D eigenvalue weighted by Gasteiger charge is -2.20. The minimum Gasteiger partial charge on any atom is -0.457 e. The highest BCUT2D eigenvalue weighted by Crippen LogP contribution is 2.33. The van der Waals surface area contributed by atoms with Crippen LogP contribution in [-0.4, -0.2) is 49.4 Å². The normalized spacial score (nSPS) is 20.5. The summed E-state index contributed by atoms with van der Waals surface area (Å²) in [5.74, 6) is -0.265. The number of hydrogen-bond donors (Lipinski definition) is 2. The number of unbranched alkanes of at least 4 members (excludes halogenated alkanes) is 10. The Hall–Kier alpha value is -2.26. The zero-order valence-electron chi connectivity index (χ0n) is 19.7. The molecule has 3 rings (SSSR count). The van der Waals surface area contributed by atoms with Crippen molar-refractivity contribution in [3.63, 3.8) is 0 Å². The number of ether oxygens (including phenoxy) is 2. The lowest BCUT2D eigenvalue weighted by Crippen LogP contribution is -2.25. The van der Waals surface area contributed by atoms with Gasteiger partial charge in [-0.05, 0) is 6.42 Å². The number of hydrogen-bond acceptors (Lipinski definition) is 7. The molecule has 2 aromatic rings. The van der Waals surface area contributed by atoms with E-state index in [-0.39, 0.29) is 23.7 Å². The van der Waals surface area contributed by atoms with Crippen LogP contribution in [0.1, 0.15) is 96.6 Å². The van der Waals surface area contributed by atoms with Gasteiger partial charge in [-0.15, -0.1) is 0 Å². The molecule has 184 valence electrons. The molecule has 0 spiro atoms. The third kappa shape index (κ3) is 7.37. The molecule has 1 unspecified atom stereocenters. The minimum absolute atomic E-state index is 0.177. The largest absolute Gasteiger partial charge is 0.457 e. The van der Waals surface area contributed by atoms with Crippen LogP contribution < -0.4 is 5.56 Å². The van der Waals surface area contributed by atoms with Gasteiger partial charge in [-0.1, -0.05) is 71.1 Å². The average Bonchev–Trinajstić information content (AvgIpc) is 3.42. The molecule has 3 atom stereocenters. The van der Waals surface area contributed by atoms with Crippen LogP contribution in [0, 0.1) is 0 Å². The minimum atomic E-state index is -0.678. The molecule has 33 heavy (non-hydrogen) atoms. The summed E-state index contributed by atoms with van der Waals surface area (Å²) >= 11 is 0. The number of nitrogens with zero attached hydrogens (tertiary/aromatic N) is 3. The molecular formula is C24H38N4O5. The zero-order chi connectivity index (χ0) is 23.5. The van der Waals surface area contributed by atoms with Gasteiger partial charge in [-0.3, -0.25) is 14.2 Å². The highest BCUT2D eigenvalue weighted by molar-refractivity contribution is 5.70. The maximum Gasteiger partial charge on any atom is 0.306 e. The summed E-state index contributed by atoms with van der Waals surface area (Å²) in [6.07, 6.45) is 15.3. The quantitative estimate of drug-likeness (QED) is 0.303. The molecule has 9 heteroatoms. The van der Waals surface area contributed by atoms with E-state index in [4.69, 9.17) is 9.47 Å². The van der Waals surface area contributed by atoms with Gasteiger partial charge in [-0.25, -0.2) is 9.97 Å². The van der Waals surface area contributed by atoms with Crippen molar-refractivity contribution in [1.29, 1.82) is 0 Å². The highest BCUT2D eigenvalue weighted by atomic mass is 16.6. The Morgan fingerprint density at radius 1 is 1.12 bits per heavy atom. The predicted octanol–water partition coefficient (Wildman–Crippen LogP) is 4.01. The summed E-state index contributed by atoms with van der Waals surface area (Å²) in [7, 11) is 0. The summed E-state index contributed by atoms with van der Waals surface area (Å²) in [6, 6.07) is 0. The van der Waals surface area contributed by atoms with Crippen molar-refractivity contribution < 1.29 is 19.4 Å². The van der Waals surface area contributed by atoms with Crippen LogP contribution in [0.5, 0.6) is 0 Å². The fourth-order valence-electron chi connectivity index (χ4n) is 4.40. The number of H-pyrrole nitrogens is 1. The van der Waals surface area contributed by atoms with Crippen molar-refractivity contribution >= 4 is 17.1 Å². The Labute approximate surface area is 194 Å². The molecule has 0 aromatic carbocycles. The first-order valence-electron chi connectivity index (χ1n) is 12.5. The molecule has 1 saturated heterocycles. The maximum atomic E-state index is 12.5. The number of carbonyl (C=O) groups excluding carboxylic acids is 1. The van der Waals surface area contributed by atoms with Gasteiger partial charge in [0.2, 0.25) is 0 Å². The van der Waals surface area contributed by atoms with E-state index >= 15 is 0 Å². The van der Waals surface area contributed by atoms with Crippen molar-refractivity contribution in [3.8, 4) is 0 Å². The van der Waals surface area contributed by atoms with Crippen LogP contribution in [0.25, 0.3) is 11.2 Å². The van der Waals surface area contributed by atoms with Gasteiger partial charge in [-0.2, -0.15) is 0 Å². The van der Waals surface area contributed by atoms with E-state index in [9.17, 15) is 14.7 Å². The summed E-state index contributed by atoms with van der Waals surface area (Å²) in [5.41, 5.74) is 0.203. The van der Waals surface area contributed by atoms with Gasteiger partial charge in [0.05, 0.1) is 25.4 Å². The van der Waals surface area contributed by atoms with Crippen LogP contribution in [0.4, 0.5) is 0 Å². The first-order valence-corrected chi connectivity index (χ1v) is 12.5. The third-order valence-corrected chi connectivity index (χ3v) is 6.26. The molecule has 2 N–H and O–H groups in total. The van der Waals surface area contributed by atoms with E-state index in [2.05, 4.69) is 21.9 Å². The van der Waals surface area contributed by atoms with E-state index in [0.717, 1.165) is 19.3 Å². The highest BCUT2D eigenvalue weighted by Gasteiger charge is 2.39. The van der Waals surface area contributed by atoms with Crippen molar-refractivity contribution in [3.05, 3.63) is 23.0 Å². The summed E-state index contributed by atoms with van der Waals surface area (Å²) in [4.78, 5) is 35.2. The number of nitrogens with one attached hydrogen (secondary N) is 1. The number of rotatable bonds is 15. The topological polar surface area (TPSA) is 119 Å². The second kappa shape index (κ2) is 13.4. The zero-order valence-corrected chi connectivity index (χ0v) is 19.7. The molecular weight excluding hydrogens is 424 g/mol. The smallest absolute Gasteiger partial charge is 0.306 e. The number of aliphatic hydroxyl groups excluding tert-OH is 1. The van der Waals surface area contributed by atoms with Crippen LogP contribution in [-0.2, 0) is 14.3 Å². The molecule has 1 fully saturated rings. The van der Waals surface area contributed by atoms with Crippen molar-refractivity contribution in [2.24, 2.45) is 0 Å². The molecule has 1 aliphatic rings. The van der Waals surface area contributed by atoms with Crippen LogP contribution >= 0.6 is 0 Å². The number of esters is 1. The second-order valence-corrected chi connectivity index (χ2v) is 8.94. The van der Waals surface area contributed by atoms with Gasteiger partial charge >= 0.3 is 5.97 Å². The fraction of sp³-hybridized carbons (Fsp3) is 0.750. The monoisotopic (exact) mass is 462 g/mol. The number of aliphatic hydroxyl groups is 1. The molecule has 0 amide bonds. The van der Waals surface area contributed by atoms with E-state index in [1.807, 2.05) is 0 Å². The van der Waals surface area contributed by atoms with E-state index in [1.165, 1.54) is 64.0 Å². The Morgan fingerprint density at radius 3 is 2.45 bits per heavy atom. The molecule has 3 heterocycles. The molecule has 9 nitrogen and oxygen atoms in total. The van der Waals surface area contributed by atoms with Crippen molar-refractivity contribution in [1.82, 2.24) is 19.5 Å². The van der Waals surface area contributed by atoms with Gasteiger partial charge in [0.25, 0.3) is 5.56 Å². The molecule has 0 radical (unpaired) electrons. The third-order valence-electron chi connectivity index (χ3n) is 6.26. The van der Waals surface area contributed by atoms with Crippen molar-refractivity contribution in [2.45, 2.75) is 109 Å². The standard InChI is InChI=1S/C24H38N4O5/c1-2-3-4-5-6-7-8-9-10-11-12-13-20(30)33-19-14-18(15-29)32-24(19)28-17-27-21-22(28)25-16-26-23(21)31/h16-19,24,29H,2-15H2,1H3,(H,25,26,31)/t18-,19?,24+/m0/s1. The molecule has 0 aliphatic carbocycles. The lowest BCUT2D eigenvalue weighted by molar-refractivity contribution is -0.155. The van der Waals surface area contributed by atoms with Gasteiger partial charge in [0.1, 0.15) is 6.10 Å². The van der Waals surface area contributed by atoms with E-state index in [1.54, 1.807) is 4.57 Å². The van der Waals surface area contributed by atoms with Crippen LogP contribution in [0.3, 0.4) is 0 Å². The van der Waals surface area contributed by atoms with Gasteiger partial charge in [0, 0.05) is 12.8 Å². The summed E-state index contributed by atoms with van der Waals surface area (Å²) < 4.78 is 13.2. The van der Waals surface area contributed by atoms with E-state index in [0.29, 0.717) is 18.5 Å². The van der Waals surface area contributed by atoms with Gasteiger partial charge in [0.15, 0.2) is 17.4 Å². The Kier molecular flexibility index (Phi) is 10.3. The lowest BCUT2D eigenvalue weighted by atomic mass is 10.1. The first-order chi connectivity index (χ1) is 16.1. The SMILES string of the molecule is CCCCCCCCCCCCCC(=O)OC1C[C@@H](CO)O[C@H]1n1cnc2c(=O)[nH]cnc21. The molecule has 0 bridgehead atoms. The number of imidazole rings is 1. The van der Waals surface area contributed by atoms with Crippen LogP contribution in [0.2, 0.25) is 0 Å². The maximum absolute atomic E-state index is 12.5. The first kappa shape index (κ1) is 25.4. The average molecular weight is 463 g/mol. The molecule has 2 aromatic heterocycles. The Balaban J connectivity index is 1.40. The molecule has 1 aliphatic heterocycles. The van der Waals surface area contributed by atoms with Crippen molar-refractivity contribution in [2.75, 3.05) is 6.61 Å². The Morgan fingerprint density at radius 2 is 1.79 bits per heavy atom. The number of carbonyl (C=O) groups is 1. The van der Waals surface area contributed by atoms with Gasteiger partial charge < -0.3 is 19.6 Å². The fourth-order valence-corrected chi connectivity index (χ4v) is 4.40. The van der Waals surface area contributed by atoms with Crippen LogP contribution in [0.15, 0.2) is 17.4 Å². The molecule has 0 saturated carbocycles. The number of fused-ring (bicyclic) bond motifs is 1. The predicted molar refractivity (Wildman–Crippen MR) is 125 cm³/mol. The number of aromatic amines is 1. The summed E-state index contributed by atoms with van der Waals surface area (Å²) in [5, 5.41) is 9.55. The second-order valence-electron chi connectivity index (χ2n) is 8.94. The van der Waals surface area contributed by atoms with E-state index < -0.39 is 18.4 Å². The summed E-state index contributed by atoms with van der Waals surface area (Å²) in [6.45, 7) is 2.06. The Bertz CT molecular complexity index is 912. The number of aromatic nitrogens is 4.